The lowest BCUT2D eigenvalue weighted by molar-refractivity contribution is 0.0736. The van der Waals surface area contributed by atoms with Crippen LogP contribution in [0.1, 0.15) is 43.7 Å². The molecule has 0 aliphatic rings. The van der Waals surface area contributed by atoms with Gasteiger partial charge in [0.25, 0.3) is 0 Å². The van der Waals surface area contributed by atoms with Crippen molar-refractivity contribution in [3.8, 4) is 0 Å². The first-order valence-corrected chi connectivity index (χ1v) is 6.20. The molecule has 18 heavy (non-hydrogen) atoms. The summed E-state index contributed by atoms with van der Waals surface area (Å²) in [6.45, 7) is 5.55. The van der Waals surface area contributed by atoms with Crippen molar-refractivity contribution in [2.75, 3.05) is 0 Å². The SMILES string of the molecule is CCc1ncc(Cc2cccc(C(C)(C)O)n2)[nH]1. The van der Waals surface area contributed by atoms with Crippen LogP contribution in [-0.2, 0) is 18.4 Å². The Kier molecular flexibility index (Phi) is 3.48. The number of H-pyrrole nitrogens is 1. The largest absolute Gasteiger partial charge is 0.384 e. The second-order valence-electron chi connectivity index (χ2n) is 4.96. The molecule has 4 heteroatoms. The number of nitrogens with zero attached hydrogens (tertiary/aromatic N) is 2. The summed E-state index contributed by atoms with van der Waals surface area (Å²) in [6.07, 6.45) is 3.45. The van der Waals surface area contributed by atoms with Crippen LogP contribution in [0, 0.1) is 0 Å². The second kappa shape index (κ2) is 4.90. The van der Waals surface area contributed by atoms with Crippen molar-refractivity contribution in [2.45, 2.75) is 39.2 Å². The van der Waals surface area contributed by atoms with Gasteiger partial charge < -0.3 is 10.1 Å². The number of hydrogen-bond acceptors (Lipinski definition) is 3. The van der Waals surface area contributed by atoms with Crippen molar-refractivity contribution >= 4 is 0 Å². The van der Waals surface area contributed by atoms with Gasteiger partial charge in [0.15, 0.2) is 0 Å². The zero-order valence-corrected chi connectivity index (χ0v) is 11.1. The van der Waals surface area contributed by atoms with E-state index in [0.717, 1.165) is 23.6 Å². The number of imidazole rings is 1. The molecular weight excluding hydrogens is 226 g/mol. The topological polar surface area (TPSA) is 61.8 Å². The highest BCUT2D eigenvalue weighted by atomic mass is 16.3. The summed E-state index contributed by atoms with van der Waals surface area (Å²) >= 11 is 0. The van der Waals surface area contributed by atoms with Crippen molar-refractivity contribution < 1.29 is 5.11 Å². The summed E-state index contributed by atoms with van der Waals surface area (Å²) in [6, 6.07) is 5.72. The molecule has 0 spiro atoms. The minimum Gasteiger partial charge on any atom is -0.384 e. The fourth-order valence-corrected chi connectivity index (χ4v) is 1.79. The Balaban J connectivity index is 2.19. The maximum atomic E-state index is 9.94. The van der Waals surface area contributed by atoms with Crippen LogP contribution in [0.4, 0.5) is 0 Å². The van der Waals surface area contributed by atoms with Crippen LogP contribution >= 0.6 is 0 Å². The van der Waals surface area contributed by atoms with Crippen molar-refractivity contribution in [2.24, 2.45) is 0 Å². The third-order valence-corrected chi connectivity index (χ3v) is 2.82. The summed E-state index contributed by atoms with van der Waals surface area (Å²) in [5.41, 5.74) is 1.77. The van der Waals surface area contributed by atoms with Crippen LogP contribution in [0.2, 0.25) is 0 Å². The molecule has 2 rings (SSSR count). The average Bonchev–Trinajstić information content (AvgIpc) is 2.76. The van der Waals surface area contributed by atoms with Crippen LogP contribution in [0.15, 0.2) is 24.4 Å². The lowest BCUT2D eigenvalue weighted by atomic mass is 10.0. The van der Waals surface area contributed by atoms with Crippen LogP contribution < -0.4 is 0 Å². The van der Waals surface area contributed by atoms with Gasteiger partial charge in [0, 0.05) is 30.4 Å². The maximum Gasteiger partial charge on any atom is 0.105 e. The van der Waals surface area contributed by atoms with Crippen molar-refractivity contribution in [3.63, 3.8) is 0 Å². The van der Waals surface area contributed by atoms with E-state index in [4.69, 9.17) is 0 Å². The number of hydrogen-bond donors (Lipinski definition) is 2. The van der Waals surface area contributed by atoms with Gasteiger partial charge in [-0.15, -0.1) is 0 Å². The van der Waals surface area contributed by atoms with Crippen molar-refractivity contribution in [3.05, 3.63) is 47.3 Å². The molecular formula is C14H19N3O. The molecule has 0 aliphatic carbocycles. The van der Waals surface area contributed by atoms with Crippen molar-refractivity contribution in [1.82, 2.24) is 15.0 Å². The molecule has 0 aliphatic heterocycles. The highest BCUT2D eigenvalue weighted by molar-refractivity contribution is 5.19. The Morgan fingerprint density at radius 3 is 2.72 bits per heavy atom. The first-order valence-electron chi connectivity index (χ1n) is 6.20. The van der Waals surface area contributed by atoms with Gasteiger partial charge in [-0.3, -0.25) is 4.98 Å². The Hall–Kier alpha value is -1.68. The molecule has 0 fully saturated rings. The highest BCUT2D eigenvalue weighted by Crippen LogP contribution is 2.18. The molecule has 0 saturated heterocycles. The van der Waals surface area contributed by atoms with E-state index < -0.39 is 5.60 Å². The number of aryl methyl sites for hydroxylation is 1. The van der Waals surface area contributed by atoms with Crippen molar-refractivity contribution in [1.29, 1.82) is 0 Å². The Morgan fingerprint density at radius 2 is 2.11 bits per heavy atom. The molecule has 0 radical (unpaired) electrons. The maximum absolute atomic E-state index is 9.94. The monoisotopic (exact) mass is 245 g/mol. The van der Waals surface area contributed by atoms with E-state index >= 15 is 0 Å². The van der Waals surface area contributed by atoms with Crippen LogP contribution in [0.25, 0.3) is 0 Å². The lowest BCUT2D eigenvalue weighted by Crippen LogP contribution is -2.18. The summed E-state index contributed by atoms with van der Waals surface area (Å²) in [5.74, 6) is 0.989. The van der Waals surface area contributed by atoms with Crippen LogP contribution in [0.5, 0.6) is 0 Å². The molecule has 0 saturated carbocycles. The second-order valence-corrected chi connectivity index (χ2v) is 4.96. The number of pyridine rings is 1. The summed E-state index contributed by atoms with van der Waals surface area (Å²) < 4.78 is 0. The smallest absolute Gasteiger partial charge is 0.105 e. The van der Waals surface area contributed by atoms with E-state index in [0.29, 0.717) is 12.1 Å². The predicted octanol–water partition coefficient (Wildman–Crippen LogP) is 2.19. The van der Waals surface area contributed by atoms with E-state index in [1.165, 1.54) is 0 Å². The number of aromatic amines is 1. The van der Waals surface area contributed by atoms with Gasteiger partial charge in [0.05, 0.1) is 5.69 Å². The predicted molar refractivity (Wildman–Crippen MR) is 70.3 cm³/mol. The molecule has 0 bridgehead atoms. The Bertz CT molecular complexity index is 526. The van der Waals surface area contributed by atoms with E-state index in [9.17, 15) is 5.11 Å². The molecule has 4 nitrogen and oxygen atoms in total. The zero-order valence-electron chi connectivity index (χ0n) is 11.1. The van der Waals surface area contributed by atoms with Gasteiger partial charge >= 0.3 is 0 Å². The average molecular weight is 245 g/mol. The van der Waals surface area contributed by atoms with E-state index in [-0.39, 0.29) is 0 Å². The van der Waals surface area contributed by atoms with Gasteiger partial charge in [-0.1, -0.05) is 13.0 Å². The Morgan fingerprint density at radius 1 is 1.33 bits per heavy atom. The molecule has 2 N–H and O–H groups in total. The molecule has 0 unspecified atom stereocenters. The number of aliphatic hydroxyl groups is 1. The highest BCUT2D eigenvalue weighted by Gasteiger charge is 2.17. The first kappa shape index (κ1) is 12.8. The fourth-order valence-electron chi connectivity index (χ4n) is 1.79. The number of rotatable bonds is 4. The van der Waals surface area contributed by atoms with Gasteiger partial charge in [-0.25, -0.2) is 4.98 Å². The molecule has 0 atom stereocenters. The molecule has 2 heterocycles. The molecule has 0 amide bonds. The number of nitrogens with one attached hydrogen (secondary N) is 1. The zero-order chi connectivity index (χ0) is 13.2. The van der Waals surface area contributed by atoms with E-state index in [1.54, 1.807) is 13.8 Å². The lowest BCUT2D eigenvalue weighted by Gasteiger charge is -2.16. The van der Waals surface area contributed by atoms with Gasteiger partial charge in [0.1, 0.15) is 11.4 Å². The fraction of sp³-hybridized carbons (Fsp3) is 0.429. The molecule has 2 aromatic heterocycles. The third kappa shape index (κ3) is 2.96. The van der Waals surface area contributed by atoms with Gasteiger partial charge in [-0.2, -0.15) is 0 Å². The van der Waals surface area contributed by atoms with Crippen LogP contribution in [0.3, 0.4) is 0 Å². The van der Waals surface area contributed by atoms with Gasteiger partial charge in [0.2, 0.25) is 0 Å². The van der Waals surface area contributed by atoms with Gasteiger partial charge in [-0.05, 0) is 26.0 Å². The summed E-state index contributed by atoms with van der Waals surface area (Å²) in [7, 11) is 0. The van der Waals surface area contributed by atoms with E-state index in [2.05, 4.69) is 21.9 Å². The third-order valence-electron chi connectivity index (χ3n) is 2.82. The minimum absolute atomic E-state index is 0.690. The van der Waals surface area contributed by atoms with Crippen LogP contribution in [-0.4, -0.2) is 20.1 Å². The van der Waals surface area contributed by atoms with E-state index in [1.807, 2.05) is 24.4 Å². The standard InChI is InChI=1S/C14H19N3O/c1-4-13-15-9-11(17-13)8-10-6-5-7-12(16-10)14(2,3)18/h5-7,9,18H,4,8H2,1-3H3,(H,15,17). The number of aromatic nitrogens is 3. The molecule has 2 aromatic rings. The summed E-state index contributed by atoms with van der Waals surface area (Å²) in [4.78, 5) is 12.0. The normalized spacial score (nSPS) is 11.8. The molecule has 0 aromatic carbocycles. The Labute approximate surface area is 107 Å². The molecule has 96 valence electrons. The summed E-state index contributed by atoms with van der Waals surface area (Å²) in [5, 5.41) is 9.94. The quantitative estimate of drug-likeness (QED) is 0.868. The minimum atomic E-state index is -0.904. The first-order chi connectivity index (χ1) is 8.49.